The molecule has 1 aliphatic heterocycles. The third-order valence-electron chi connectivity index (χ3n) is 7.28. The third kappa shape index (κ3) is 9.09. The Bertz CT molecular complexity index is 1290. The topological polar surface area (TPSA) is 140 Å². The van der Waals surface area contributed by atoms with Crippen molar-refractivity contribution in [1.29, 1.82) is 0 Å². The molecule has 2 amide bonds. The number of hydrogen-bond donors (Lipinski definition) is 3. The zero-order valence-electron chi connectivity index (χ0n) is 24.4. The lowest BCUT2D eigenvalue weighted by Gasteiger charge is -2.41. The highest BCUT2D eigenvalue weighted by molar-refractivity contribution is 7.99. The van der Waals surface area contributed by atoms with Gasteiger partial charge in [0.25, 0.3) is 0 Å². The second kappa shape index (κ2) is 15.8. The molecule has 1 aliphatic rings. The molecule has 1 fully saturated rings. The first-order valence-electron chi connectivity index (χ1n) is 14.3. The molecule has 0 aliphatic carbocycles. The summed E-state index contributed by atoms with van der Waals surface area (Å²) in [6.07, 6.45) is 2.09. The highest BCUT2D eigenvalue weighted by Crippen LogP contribution is 2.42. The summed E-state index contributed by atoms with van der Waals surface area (Å²) in [5.74, 6) is 0.686. The van der Waals surface area contributed by atoms with E-state index in [0.29, 0.717) is 30.4 Å². The van der Waals surface area contributed by atoms with Crippen LogP contribution in [-0.4, -0.2) is 55.5 Å². The van der Waals surface area contributed by atoms with Crippen molar-refractivity contribution >= 4 is 23.6 Å². The van der Waals surface area contributed by atoms with Crippen LogP contribution in [0.5, 0.6) is 0 Å². The van der Waals surface area contributed by atoms with Crippen LogP contribution in [0.15, 0.2) is 53.7 Å². The molecule has 3 aromatic rings. The number of amides is 2. The Morgan fingerprint density at radius 2 is 1.69 bits per heavy atom. The summed E-state index contributed by atoms with van der Waals surface area (Å²) in [5, 5.41) is 27.7. The number of unbranched alkanes of at least 4 members (excludes halogenated alkanes) is 2. The van der Waals surface area contributed by atoms with Crippen LogP contribution in [0.2, 0.25) is 0 Å². The second-order valence-corrected chi connectivity index (χ2v) is 11.5. The normalized spacial score (nSPS) is 20.3. The van der Waals surface area contributed by atoms with E-state index in [1.807, 2.05) is 55.6 Å². The zero-order valence-corrected chi connectivity index (χ0v) is 25.2. The number of tetrazole rings is 1. The van der Waals surface area contributed by atoms with Gasteiger partial charge < -0.3 is 25.2 Å². The van der Waals surface area contributed by atoms with Gasteiger partial charge in [-0.15, -0.1) is 5.10 Å². The number of carbonyl (C=O) groups is 2. The summed E-state index contributed by atoms with van der Waals surface area (Å²) in [6.45, 7) is 4.70. The fraction of sp³-hybridized carbons (Fsp3) is 0.500. The van der Waals surface area contributed by atoms with Gasteiger partial charge in [-0.2, -0.15) is 0 Å². The van der Waals surface area contributed by atoms with E-state index in [1.165, 1.54) is 6.92 Å². The van der Waals surface area contributed by atoms with Gasteiger partial charge in [-0.25, -0.2) is 4.68 Å². The molecule has 0 saturated carbocycles. The second-order valence-electron chi connectivity index (χ2n) is 10.5. The highest BCUT2D eigenvalue weighted by Gasteiger charge is 2.38. The maximum Gasteiger partial charge on any atom is 0.220 e. The predicted octanol–water partition coefficient (Wildman–Crippen LogP) is 3.60. The number of carbonyl (C=O) groups excluding carboxylic acids is 2. The molecule has 12 heteroatoms. The number of aromatic nitrogens is 4. The van der Waals surface area contributed by atoms with Crippen LogP contribution in [0, 0.1) is 5.92 Å². The van der Waals surface area contributed by atoms with Gasteiger partial charge in [-0.3, -0.25) is 9.59 Å². The molecular formula is C30H40N6O5S. The van der Waals surface area contributed by atoms with Crippen molar-refractivity contribution in [3.05, 3.63) is 70.8 Å². The Kier molecular flexibility index (Phi) is 11.9. The number of nitrogens with zero attached hydrogens (tertiary/aromatic N) is 4. The fourth-order valence-electron chi connectivity index (χ4n) is 4.74. The van der Waals surface area contributed by atoms with Crippen LogP contribution in [0.25, 0.3) is 0 Å². The lowest BCUT2D eigenvalue weighted by Crippen LogP contribution is -2.38. The first-order chi connectivity index (χ1) is 20.3. The number of benzene rings is 2. The quantitative estimate of drug-likeness (QED) is 0.188. The summed E-state index contributed by atoms with van der Waals surface area (Å²) in [4.78, 5) is 23.2. The van der Waals surface area contributed by atoms with Gasteiger partial charge in [0.05, 0.1) is 18.8 Å². The number of hydrogen-bond acceptors (Lipinski definition) is 9. The SMILES string of the molecule is CC(=O)NCCCCCC(=O)NCc1ccc([C@H]2O[C@@H](CSc3nnnn3C)[C@@H](C)[C@@H](c3ccc(CO)cc3)O2)cc1. The predicted molar refractivity (Wildman–Crippen MR) is 158 cm³/mol. The van der Waals surface area contributed by atoms with Crippen LogP contribution in [0.4, 0.5) is 0 Å². The van der Waals surface area contributed by atoms with Crippen molar-refractivity contribution in [3.63, 3.8) is 0 Å². The van der Waals surface area contributed by atoms with Crippen LogP contribution in [0.1, 0.15) is 74.2 Å². The summed E-state index contributed by atoms with van der Waals surface area (Å²) >= 11 is 1.54. The van der Waals surface area contributed by atoms with Crippen molar-refractivity contribution in [2.75, 3.05) is 12.3 Å². The minimum atomic E-state index is -0.576. The number of aryl methyl sites for hydroxylation is 1. The molecule has 1 saturated heterocycles. The van der Waals surface area contributed by atoms with Crippen LogP contribution < -0.4 is 10.6 Å². The molecule has 11 nitrogen and oxygen atoms in total. The van der Waals surface area contributed by atoms with Gasteiger partial charge in [0.2, 0.25) is 17.0 Å². The monoisotopic (exact) mass is 596 g/mol. The lowest BCUT2D eigenvalue weighted by atomic mass is 9.91. The Labute approximate surface area is 250 Å². The lowest BCUT2D eigenvalue weighted by molar-refractivity contribution is -0.268. The minimum Gasteiger partial charge on any atom is -0.392 e. The minimum absolute atomic E-state index is 0.00910. The maximum atomic E-state index is 12.3. The van der Waals surface area contributed by atoms with E-state index in [9.17, 15) is 14.7 Å². The van der Waals surface area contributed by atoms with Crippen LogP contribution >= 0.6 is 11.8 Å². The number of nitrogens with one attached hydrogen (secondary N) is 2. The van der Waals surface area contributed by atoms with Crippen molar-refractivity contribution in [1.82, 2.24) is 30.8 Å². The van der Waals surface area contributed by atoms with Crippen molar-refractivity contribution < 1.29 is 24.2 Å². The Hall–Kier alpha value is -3.32. The number of thioether (sulfide) groups is 1. The zero-order chi connectivity index (χ0) is 29.9. The molecule has 3 N–H and O–H groups in total. The first kappa shape index (κ1) is 31.6. The molecule has 2 heterocycles. The molecular weight excluding hydrogens is 556 g/mol. The average Bonchev–Trinajstić information content (AvgIpc) is 3.41. The molecule has 0 bridgehead atoms. The van der Waals surface area contributed by atoms with E-state index in [2.05, 4.69) is 33.1 Å². The molecule has 0 radical (unpaired) electrons. The molecule has 0 unspecified atom stereocenters. The van der Waals surface area contributed by atoms with Crippen LogP contribution in [-0.2, 0) is 39.3 Å². The van der Waals surface area contributed by atoms with Crippen molar-refractivity contribution in [3.8, 4) is 0 Å². The number of ether oxygens (including phenoxy) is 2. The average molecular weight is 597 g/mol. The molecule has 2 aromatic carbocycles. The Balaban J connectivity index is 1.36. The van der Waals surface area contributed by atoms with E-state index in [4.69, 9.17) is 9.47 Å². The summed E-state index contributed by atoms with van der Waals surface area (Å²) in [6, 6.07) is 15.8. The van der Waals surface area contributed by atoms with Gasteiger partial charge in [0.1, 0.15) is 0 Å². The van der Waals surface area contributed by atoms with Gasteiger partial charge in [-0.05, 0) is 40.0 Å². The van der Waals surface area contributed by atoms with Gasteiger partial charge >= 0.3 is 0 Å². The standard InChI is InChI=1S/C30H40N6O5S/c1-20-26(19-42-30-33-34-35-36(30)3)40-29(41-28(20)24-12-10-23(18-37)11-13-24)25-14-8-22(9-15-25)17-32-27(39)7-5-4-6-16-31-21(2)38/h8-15,20,26,28-29,37H,4-7,16-19H2,1-3H3,(H,31,38)(H,32,39)/t20-,26+,28+,29+/m1/s1. The number of aliphatic hydroxyl groups excluding tert-OH is 1. The van der Waals surface area contributed by atoms with E-state index >= 15 is 0 Å². The Morgan fingerprint density at radius 3 is 2.36 bits per heavy atom. The molecule has 1 aromatic heterocycles. The summed E-state index contributed by atoms with van der Waals surface area (Å²) in [5.41, 5.74) is 3.75. The van der Waals surface area contributed by atoms with Crippen molar-refractivity contribution in [2.45, 2.75) is 76.3 Å². The van der Waals surface area contributed by atoms with Gasteiger partial charge in [0, 0.05) is 50.7 Å². The largest absolute Gasteiger partial charge is 0.392 e. The molecule has 4 rings (SSSR count). The molecule has 226 valence electrons. The van der Waals surface area contributed by atoms with E-state index in [-0.39, 0.29) is 36.5 Å². The van der Waals surface area contributed by atoms with E-state index < -0.39 is 6.29 Å². The molecule has 0 spiro atoms. The Morgan fingerprint density at radius 1 is 0.976 bits per heavy atom. The first-order valence-corrected chi connectivity index (χ1v) is 15.3. The van der Waals surface area contributed by atoms with Gasteiger partial charge in [0.15, 0.2) is 6.29 Å². The number of rotatable bonds is 14. The summed E-state index contributed by atoms with van der Waals surface area (Å²) in [7, 11) is 1.81. The summed E-state index contributed by atoms with van der Waals surface area (Å²) < 4.78 is 14.7. The van der Waals surface area contributed by atoms with Gasteiger partial charge in [-0.1, -0.05) is 73.6 Å². The van der Waals surface area contributed by atoms with E-state index in [1.54, 1.807) is 16.4 Å². The third-order valence-corrected chi connectivity index (χ3v) is 8.38. The fourth-order valence-corrected chi connectivity index (χ4v) is 5.76. The number of aliphatic hydroxyl groups is 1. The van der Waals surface area contributed by atoms with Crippen LogP contribution in [0.3, 0.4) is 0 Å². The smallest absolute Gasteiger partial charge is 0.220 e. The highest BCUT2D eigenvalue weighted by atomic mass is 32.2. The molecule has 4 atom stereocenters. The van der Waals surface area contributed by atoms with E-state index in [0.717, 1.165) is 41.5 Å². The molecule has 42 heavy (non-hydrogen) atoms. The maximum absolute atomic E-state index is 12.3. The van der Waals surface area contributed by atoms with Crippen molar-refractivity contribution in [2.24, 2.45) is 13.0 Å².